The van der Waals surface area contributed by atoms with Gasteiger partial charge in [-0.25, -0.2) is 0 Å². The molecule has 7 heteroatoms. The Balaban J connectivity index is 1.48. The third kappa shape index (κ3) is 3.48. The molecule has 27 heavy (non-hydrogen) atoms. The van der Waals surface area contributed by atoms with Gasteiger partial charge >= 0.3 is 0 Å². The molecule has 146 valence electrons. The molecule has 2 N–H and O–H groups in total. The Kier molecular flexibility index (Phi) is 4.95. The van der Waals surface area contributed by atoms with E-state index in [0.29, 0.717) is 42.5 Å². The number of rotatable bonds is 3. The number of ether oxygens (including phenoxy) is 2. The van der Waals surface area contributed by atoms with Crippen molar-refractivity contribution >= 4 is 11.8 Å². The molecule has 0 aromatic heterocycles. The van der Waals surface area contributed by atoms with Crippen LogP contribution in [0.2, 0.25) is 0 Å². The Bertz CT molecular complexity index is 736. The van der Waals surface area contributed by atoms with Gasteiger partial charge in [0.2, 0.25) is 12.7 Å². The number of amides is 2. The van der Waals surface area contributed by atoms with Gasteiger partial charge in [-0.2, -0.15) is 0 Å². The average Bonchev–Trinajstić information content (AvgIpc) is 3.35. The Morgan fingerprint density at radius 3 is 2.74 bits per heavy atom. The maximum atomic E-state index is 13.1. The highest BCUT2D eigenvalue weighted by atomic mass is 16.7. The van der Waals surface area contributed by atoms with Gasteiger partial charge in [-0.15, -0.1) is 0 Å². The van der Waals surface area contributed by atoms with Crippen molar-refractivity contribution in [2.24, 2.45) is 11.7 Å². The van der Waals surface area contributed by atoms with E-state index >= 15 is 0 Å². The van der Waals surface area contributed by atoms with E-state index in [9.17, 15) is 9.59 Å². The van der Waals surface area contributed by atoms with Crippen LogP contribution in [0.5, 0.6) is 11.5 Å². The summed E-state index contributed by atoms with van der Waals surface area (Å²) in [6.07, 6.45) is 3.60. The molecule has 0 aliphatic carbocycles. The second-order valence-electron chi connectivity index (χ2n) is 7.77. The van der Waals surface area contributed by atoms with E-state index in [1.807, 2.05) is 11.8 Å². The average molecular weight is 373 g/mol. The first-order valence-corrected chi connectivity index (χ1v) is 9.79. The van der Waals surface area contributed by atoms with Crippen molar-refractivity contribution in [1.29, 1.82) is 0 Å². The summed E-state index contributed by atoms with van der Waals surface area (Å²) in [6.45, 7) is 4.23. The third-order valence-electron chi connectivity index (χ3n) is 5.93. The van der Waals surface area contributed by atoms with E-state index in [-0.39, 0.29) is 30.7 Å². The van der Waals surface area contributed by atoms with Crippen molar-refractivity contribution in [1.82, 2.24) is 9.80 Å². The van der Waals surface area contributed by atoms with E-state index < -0.39 is 0 Å². The molecule has 3 atom stereocenters. The molecule has 0 radical (unpaired) electrons. The van der Waals surface area contributed by atoms with E-state index in [0.717, 1.165) is 25.8 Å². The van der Waals surface area contributed by atoms with Crippen LogP contribution in [0.4, 0.5) is 0 Å². The highest BCUT2D eigenvalue weighted by Crippen LogP contribution is 2.34. The molecule has 3 unspecified atom stereocenters. The molecule has 3 aliphatic heterocycles. The fourth-order valence-electron chi connectivity index (χ4n) is 4.31. The van der Waals surface area contributed by atoms with Crippen molar-refractivity contribution in [2.45, 2.75) is 44.7 Å². The summed E-state index contributed by atoms with van der Waals surface area (Å²) in [5.74, 6) is 1.51. The van der Waals surface area contributed by atoms with Crippen molar-refractivity contribution in [3.63, 3.8) is 0 Å². The van der Waals surface area contributed by atoms with E-state index in [2.05, 4.69) is 0 Å². The maximum absolute atomic E-state index is 13.1. The topological polar surface area (TPSA) is 85.1 Å². The van der Waals surface area contributed by atoms with Gasteiger partial charge in [0.15, 0.2) is 11.5 Å². The number of carbonyl (C=O) groups is 2. The van der Waals surface area contributed by atoms with Crippen molar-refractivity contribution in [2.75, 3.05) is 26.4 Å². The predicted molar refractivity (Wildman–Crippen MR) is 99.6 cm³/mol. The number of nitrogens with zero attached hydrogens (tertiary/aromatic N) is 2. The van der Waals surface area contributed by atoms with Gasteiger partial charge in [-0.3, -0.25) is 9.59 Å². The van der Waals surface area contributed by atoms with E-state index in [1.54, 1.807) is 23.1 Å². The highest BCUT2D eigenvalue weighted by molar-refractivity contribution is 5.98. The lowest BCUT2D eigenvalue weighted by molar-refractivity contribution is -0.137. The van der Waals surface area contributed by atoms with Gasteiger partial charge in [0.1, 0.15) is 6.04 Å². The molecule has 7 nitrogen and oxygen atoms in total. The molecule has 3 heterocycles. The minimum Gasteiger partial charge on any atom is -0.454 e. The van der Waals surface area contributed by atoms with Crippen molar-refractivity contribution < 1.29 is 19.1 Å². The SMILES string of the molecule is CC(N)C1CCCN(C(=O)C2CCCN2C(=O)c2ccc3c(c2)OCO3)C1. The fraction of sp³-hybridized carbons (Fsp3) is 0.600. The number of fused-ring (bicyclic) bond motifs is 1. The second kappa shape index (κ2) is 7.38. The standard InChI is InChI=1S/C20H27N3O4/c1-13(21)15-4-2-8-22(11-15)20(25)16-5-3-9-23(16)19(24)14-6-7-17-18(10-14)27-12-26-17/h6-7,10,13,15-16H,2-5,8-9,11-12,21H2,1H3. The lowest BCUT2D eigenvalue weighted by Crippen LogP contribution is -2.52. The lowest BCUT2D eigenvalue weighted by Gasteiger charge is -2.37. The highest BCUT2D eigenvalue weighted by Gasteiger charge is 2.38. The van der Waals surface area contributed by atoms with Gasteiger partial charge in [-0.05, 0) is 56.7 Å². The zero-order chi connectivity index (χ0) is 19.0. The number of likely N-dealkylation sites (tertiary alicyclic amines) is 2. The first-order valence-electron chi connectivity index (χ1n) is 9.79. The van der Waals surface area contributed by atoms with Gasteiger partial charge in [0, 0.05) is 31.2 Å². The Morgan fingerprint density at radius 1 is 1.15 bits per heavy atom. The molecule has 4 rings (SSSR count). The minimum atomic E-state index is -0.380. The summed E-state index contributed by atoms with van der Waals surface area (Å²) in [4.78, 5) is 29.8. The normalized spacial score (nSPS) is 25.6. The number of hydrogen-bond donors (Lipinski definition) is 1. The zero-order valence-electron chi connectivity index (χ0n) is 15.7. The van der Waals surface area contributed by atoms with E-state index in [1.165, 1.54) is 0 Å². The first kappa shape index (κ1) is 18.1. The molecule has 0 spiro atoms. The van der Waals surface area contributed by atoms with Gasteiger partial charge in [0.05, 0.1) is 0 Å². The van der Waals surface area contributed by atoms with Crippen LogP contribution in [-0.2, 0) is 4.79 Å². The van der Waals surface area contributed by atoms with Gasteiger partial charge in [0.25, 0.3) is 5.91 Å². The maximum Gasteiger partial charge on any atom is 0.254 e. The molecule has 2 saturated heterocycles. The number of piperidine rings is 1. The molecule has 1 aromatic rings. The molecule has 3 aliphatic rings. The van der Waals surface area contributed by atoms with Crippen LogP contribution >= 0.6 is 0 Å². The predicted octanol–water partition coefficient (Wildman–Crippen LogP) is 1.61. The quantitative estimate of drug-likeness (QED) is 0.870. The molecule has 2 amide bonds. The summed E-state index contributed by atoms with van der Waals surface area (Å²) in [5.41, 5.74) is 6.59. The number of hydrogen-bond acceptors (Lipinski definition) is 5. The van der Waals surface area contributed by atoms with Gasteiger partial charge in [-0.1, -0.05) is 0 Å². The Hall–Kier alpha value is -2.28. The second-order valence-corrected chi connectivity index (χ2v) is 7.77. The number of nitrogens with two attached hydrogens (primary N) is 1. The molecule has 0 saturated carbocycles. The van der Waals surface area contributed by atoms with Crippen LogP contribution in [0.25, 0.3) is 0 Å². The molecular formula is C20H27N3O4. The van der Waals surface area contributed by atoms with Crippen molar-refractivity contribution in [3.8, 4) is 11.5 Å². The zero-order valence-corrected chi connectivity index (χ0v) is 15.7. The molecule has 0 bridgehead atoms. The summed E-state index contributed by atoms with van der Waals surface area (Å²) < 4.78 is 10.7. The molecule has 2 fully saturated rings. The number of carbonyl (C=O) groups excluding carboxylic acids is 2. The lowest BCUT2D eigenvalue weighted by atomic mass is 9.91. The van der Waals surface area contributed by atoms with Crippen molar-refractivity contribution in [3.05, 3.63) is 23.8 Å². The summed E-state index contributed by atoms with van der Waals surface area (Å²) in [5, 5.41) is 0. The Morgan fingerprint density at radius 2 is 1.93 bits per heavy atom. The van der Waals surface area contributed by atoms with Crippen LogP contribution in [0.15, 0.2) is 18.2 Å². The first-order chi connectivity index (χ1) is 13.0. The van der Waals surface area contributed by atoms with Crippen LogP contribution in [-0.4, -0.2) is 60.1 Å². The van der Waals surface area contributed by atoms with E-state index in [4.69, 9.17) is 15.2 Å². The molecular weight excluding hydrogens is 346 g/mol. The van der Waals surface area contributed by atoms with Crippen LogP contribution in [0.3, 0.4) is 0 Å². The summed E-state index contributed by atoms with van der Waals surface area (Å²) in [7, 11) is 0. The van der Waals surface area contributed by atoms with Crippen LogP contribution in [0, 0.1) is 5.92 Å². The molecule has 1 aromatic carbocycles. The summed E-state index contributed by atoms with van der Waals surface area (Å²) in [6, 6.07) is 4.89. The number of benzene rings is 1. The minimum absolute atomic E-state index is 0.0620. The smallest absolute Gasteiger partial charge is 0.254 e. The Labute approximate surface area is 159 Å². The van der Waals surface area contributed by atoms with Crippen LogP contribution in [0.1, 0.15) is 43.0 Å². The third-order valence-corrected chi connectivity index (χ3v) is 5.93. The largest absolute Gasteiger partial charge is 0.454 e. The summed E-state index contributed by atoms with van der Waals surface area (Å²) >= 11 is 0. The van der Waals surface area contributed by atoms with Crippen LogP contribution < -0.4 is 15.2 Å². The monoisotopic (exact) mass is 373 g/mol. The van der Waals surface area contributed by atoms with Gasteiger partial charge < -0.3 is 25.0 Å². The fourth-order valence-corrected chi connectivity index (χ4v) is 4.31.